The maximum absolute atomic E-state index is 12.8. The van der Waals surface area contributed by atoms with Gasteiger partial charge in [0.15, 0.2) is 0 Å². The topological polar surface area (TPSA) is 38.5 Å². The van der Waals surface area contributed by atoms with E-state index < -0.39 is 12.6 Å². The van der Waals surface area contributed by atoms with Crippen molar-refractivity contribution < 1.29 is 11.9 Å². The van der Waals surface area contributed by atoms with Crippen LogP contribution in [-0.4, -0.2) is 37.2 Å². The number of hydrogen-bond donors (Lipinski definition) is 1. The molecule has 3 nitrogen and oxygen atoms in total. The Morgan fingerprint density at radius 2 is 2.25 bits per heavy atom. The predicted octanol–water partition coefficient (Wildman–Crippen LogP) is 0.985. The summed E-state index contributed by atoms with van der Waals surface area (Å²) in [6, 6.07) is 6.32. The van der Waals surface area contributed by atoms with E-state index in [-0.39, 0.29) is 5.82 Å². The number of benzene rings is 1. The number of ether oxygens (including phenoxy) is 1. The third-order valence-corrected chi connectivity index (χ3v) is 2.66. The summed E-state index contributed by atoms with van der Waals surface area (Å²) in [7, 11) is 0. The zero-order chi connectivity index (χ0) is 13.2. The Morgan fingerprint density at radius 1 is 1.50 bits per heavy atom. The number of rotatable bonds is 3. The van der Waals surface area contributed by atoms with Crippen molar-refractivity contribution in [1.29, 1.82) is 0 Å². The lowest BCUT2D eigenvalue weighted by molar-refractivity contribution is -0.0260. The van der Waals surface area contributed by atoms with Gasteiger partial charge in [0, 0.05) is 28.9 Å². The molecule has 0 amide bonds. The van der Waals surface area contributed by atoms with Crippen molar-refractivity contribution in [3.63, 3.8) is 0 Å². The molecular weight excluding hydrogens is 207 g/mol. The Hall–Kier alpha value is -0.970. The van der Waals surface area contributed by atoms with Crippen molar-refractivity contribution >= 4 is 0 Å². The van der Waals surface area contributed by atoms with Crippen LogP contribution in [0, 0.1) is 5.82 Å². The van der Waals surface area contributed by atoms with Gasteiger partial charge in [0.05, 0.1) is 12.7 Å². The van der Waals surface area contributed by atoms with Gasteiger partial charge in [0.25, 0.3) is 0 Å². The van der Waals surface area contributed by atoms with E-state index in [1.807, 2.05) is 0 Å². The fourth-order valence-electron chi connectivity index (χ4n) is 1.80. The molecule has 1 saturated heterocycles. The zero-order valence-corrected chi connectivity index (χ0v) is 9.03. The Kier molecular flexibility index (Phi) is 3.06. The summed E-state index contributed by atoms with van der Waals surface area (Å²) in [5, 5.41) is 0. The number of morpholine rings is 1. The fourth-order valence-corrected chi connectivity index (χ4v) is 1.80. The summed E-state index contributed by atoms with van der Waals surface area (Å²) >= 11 is 0. The van der Waals surface area contributed by atoms with Gasteiger partial charge in [-0.2, -0.15) is 0 Å². The second kappa shape index (κ2) is 5.39. The quantitative estimate of drug-likeness (QED) is 0.835. The van der Waals surface area contributed by atoms with E-state index in [2.05, 4.69) is 4.90 Å². The van der Waals surface area contributed by atoms with Crippen LogP contribution in [0.25, 0.3) is 0 Å². The van der Waals surface area contributed by atoms with Gasteiger partial charge in [-0.15, -0.1) is 0 Å². The molecule has 1 unspecified atom stereocenters. The van der Waals surface area contributed by atoms with Crippen LogP contribution in [0.15, 0.2) is 24.3 Å². The van der Waals surface area contributed by atoms with Crippen molar-refractivity contribution in [3.05, 3.63) is 35.6 Å². The molecule has 1 aromatic rings. The van der Waals surface area contributed by atoms with E-state index in [0.29, 0.717) is 19.7 Å². The third-order valence-electron chi connectivity index (χ3n) is 2.66. The first kappa shape index (κ1) is 9.10. The zero-order valence-electron chi connectivity index (χ0n) is 11.0. The van der Waals surface area contributed by atoms with Gasteiger partial charge in [0.1, 0.15) is 5.82 Å². The molecule has 4 heteroatoms. The van der Waals surface area contributed by atoms with Crippen LogP contribution in [0.3, 0.4) is 0 Å². The van der Waals surface area contributed by atoms with Crippen LogP contribution in [0.4, 0.5) is 4.39 Å². The fraction of sp³-hybridized carbons (Fsp3) is 0.500. The lowest BCUT2D eigenvalue weighted by atomic mass is 10.2. The molecule has 1 aliphatic heterocycles. The Labute approximate surface area is 97.8 Å². The minimum Gasteiger partial charge on any atom is -0.374 e. The van der Waals surface area contributed by atoms with Crippen LogP contribution in [0.2, 0.25) is 0 Å². The highest BCUT2D eigenvalue weighted by Gasteiger charge is 2.18. The predicted molar refractivity (Wildman–Crippen MR) is 60.5 cm³/mol. The Bertz CT molecular complexity index is 394. The molecule has 0 aliphatic carbocycles. The summed E-state index contributed by atoms with van der Waals surface area (Å²) < 4.78 is 33.0. The molecule has 1 fully saturated rings. The summed E-state index contributed by atoms with van der Waals surface area (Å²) in [5.74, 6) is -0.253. The minimum atomic E-state index is -1.83. The molecular formula is C12H17FN2O. The first-order valence-electron chi connectivity index (χ1n) is 6.32. The molecule has 2 rings (SSSR count). The molecule has 0 radical (unpaired) electrons. The van der Waals surface area contributed by atoms with Gasteiger partial charge in [-0.25, -0.2) is 4.39 Å². The molecule has 88 valence electrons. The summed E-state index contributed by atoms with van der Waals surface area (Å²) in [4.78, 5) is 2.06. The molecule has 1 heterocycles. The van der Waals surface area contributed by atoms with Crippen LogP contribution < -0.4 is 5.73 Å². The highest BCUT2D eigenvalue weighted by molar-refractivity contribution is 5.15. The molecule has 0 aromatic heterocycles. The summed E-state index contributed by atoms with van der Waals surface area (Å²) in [6.07, 6.45) is -0.619. The minimum absolute atomic E-state index is 0.253. The van der Waals surface area contributed by atoms with Crippen LogP contribution >= 0.6 is 0 Å². The lowest BCUT2D eigenvalue weighted by Gasteiger charge is -2.32. The monoisotopic (exact) mass is 226 g/mol. The third kappa shape index (κ3) is 3.01. The van der Waals surface area contributed by atoms with Gasteiger partial charge >= 0.3 is 0 Å². The van der Waals surface area contributed by atoms with Crippen molar-refractivity contribution in [3.8, 4) is 0 Å². The van der Waals surface area contributed by atoms with E-state index in [1.54, 1.807) is 12.1 Å². The number of nitrogens with two attached hydrogens (primary N) is 1. The van der Waals surface area contributed by atoms with Crippen molar-refractivity contribution in [2.24, 2.45) is 5.73 Å². The first-order chi connectivity index (χ1) is 8.45. The van der Waals surface area contributed by atoms with Gasteiger partial charge in [0.2, 0.25) is 0 Å². The smallest absolute Gasteiger partial charge is 0.123 e. The molecule has 1 aromatic carbocycles. The summed E-state index contributed by atoms with van der Waals surface area (Å²) in [6.45, 7) is 0.449. The number of nitrogens with zero attached hydrogens (tertiary/aromatic N) is 1. The SMILES string of the molecule is [2H]C([2H])(N)C1CN(Cc2ccc(F)cc2)CCO1. The molecule has 16 heavy (non-hydrogen) atoms. The molecule has 1 aliphatic rings. The first-order valence-corrected chi connectivity index (χ1v) is 5.32. The van der Waals surface area contributed by atoms with Gasteiger partial charge < -0.3 is 10.5 Å². The van der Waals surface area contributed by atoms with E-state index >= 15 is 0 Å². The highest BCUT2D eigenvalue weighted by Crippen LogP contribution is 2.10. The molecule has 0 bridgehead atoms. The van der Waals surface area contributed by atoms with Crippen LogP contribution in [0.5, 0.6) is 0 Å². The maximum atomic E-state index is 12.8. The second-order valence-electron chi connectivity index (χ2n) is 3.89. The summed E-state index contributed by atoms with van der Waals surface area (Å²) in [5.41, 5.74) is 6.41. The number of hydrogen-bond acceptors (Lipinski definition) is 3. The molecule has 1 atom stereocenters. The molecule has 2 N–H and O–H groups in total. The van der Waals surface area contributed by atoms with Crippen LogP contribution in [-0.2, 0) is 11.3 Å². The van der Waals surface area contributed by atoms with Gasteiger partial charge in [-0.1, -0.05) is 12.1 Å². The Morgan fingerprint density at radius 3 is 2.94 bits per heavy atom. The highest BCUT2D eigenvalue weighted by atomic mass is 19.1. The van der Waals surface area contributed by atoms with Crippen LogP contribution in [0.1, 0.15) is 8.30 Å². The maximum Gasteiger partial charge on any atom is 0.123 e. The van der Waals surface area contributed by atoms with Crippen molar-refractivity contribution in [2.75, 3.05) is 26.2 Å². The van der Waals surface area contributed by atoms with E-state index in [4.69, 9.17) is 13.2 Å². The number of halogens is 1. The van der Waals surface area contributed by atoms with Crippen molar-refractivity contribution in [1.82, 2.24) is 4.90 Å². The second-order valence-corrected chi connectivity index (χ2v) is 3.89. The Balaban J connectivity index is 1.95. The lowest BCUT2D eigenvalue weighted by Crippen LogP contribution is -2.45. The van der Waals surface area contributed by atoms with Gasteiger partial charge in [-0.3, -0.25) is 4.90 Å². The normalized spacial score (nSPS) is 25.0. The molecule has 0 spiro atoms. The van der Waals surface area contributed by atoms with E-state index in [1.165, 1.54) is 12.1 Å². The average Bonchev–Trinajstić information content (AvgIpc) is 2.31. The largest absolute Gasteiger partial charge is 0.374 e. The van der Waals surface area contributed by atoms with Crippen molar-refractivity contribution in [2.45, 2.75) is 12.6 Å². The van der Waals surface area contributed by atoms with E-state index in [9.17, 15) is 4.39 Å². The average molecular weight is 226 g/mol. The van der Waals surface area contributed by atoms with Gasteiger partial charge in [-0.05, 0) is 17.7 Å². The molecule has 0 saturated carbocycles. The van der Waals surface area contributed by atoms with E-state index in [0.717, 1.165) is 12.1 Å². The standard InChI is InChI=1S/C12H17FN2O/c13-11-3-1-10(2-4-11)8-15-5-6-16-12(7-14)9-15/h1-4,12H,5-9,14H2/i7D2.